The minimum atomic E-state index is -0.611. The summed E-state index contributed by atoms with van der Waals surface area (Å²) in [5.74, 6) is 0. The Morgan fingerprint density at radius 2 is 1.88 bits per heavy atom. The van der Waals surface area contributed by atoms with Crippen LogP contribution in [0.2, 0.25) is 0 Å². The molecule has 2 rings (SSSR count). The number of rotatable bonds is 2. The number of nitro groups is 1. The molecule has 82 valence electrons. The summed E-state index contributed by atoms with van der Waals surface area (Å²) in [6.07, 6.45) is 0. The van der Waals surface area contributed by atoms with Crippen molar-refractivity contribution in [2.45, 2.75) is 0 Å². The first kappa shape index (κ1) is 10.8. The van der Waals surface area contributed by atoms with Gasteiger partial charge in [0.2, 0.25) is 5.69 Å². The summed E-state index contributed by atoms with van der Waals surface area (Å²) in [5.41, 5.74) is 0.926. The van der Waals surface area contributed by atoms with Crippen LogP contribution in [0.5, 0.6) is 0 Å². The van der Waals surface area contributed by atoms with Gasteiger partial charge in [-0.05, 0) is 6.07 Å². The fourth-order valence-corrected chi connectivity index (χ4v) is 1.45. The lowest BCUT2D eigenvalue weighted by molar-refractivity contribution is -0.385. The quantitative estimate of drug-likeness (QED) is 0.581. The molecule has 0 fully saturated rings. The van der Waals surface area contributed by atoms with Crippen LogP contribution in [0.3, 0.4) is 0 Å². The van der Waals surface area contributed by atoms with Gasteiger partial charge in [-0.15, -0.1) is 0 Å². The van der Waals surface area contributed by atoms with Gasteiger partial charge in [0, 0.05) is 11.6 Å². The molecule has 0 saturated heterocycles. The van der Waals surface area contributed by atoms with Gasteiger partial charge in [-0.1, -0.05) is 30.3 Å². The van der Waals surface area contributed by atoms with Crippen molar-refractivity contribution in [3.8, 4) is 17.3 Å². The zero-order valence-electron chi connectivity index (χ0n) is 8.70. The minimum absolute atomic E-state index is 0.170. The van der Waals surface area contributed by atoms with E-state index in [-0.39, 0.29) is 11.4 Å². The molecule has 5 heteroatoms. The molecule has 0 aliphatic rings. The molecule has 0 spiro atoms. The topological polar surface area (TPSA) is 79.8 Å². The molecule has 1 heterocycles. The molecular weight excluding hydrogens is 218 g/mol. The number of nitrogens with zero attached hydrogens (tertiary/aromatic N) is 3. The zero-order valence-corrected chi connectivity index (χ0v) is 8.70. The van der Waals surface area contributed by atoms with Crippen molar-refractivity contribution in [1.82, 2.24) is 4.98 Å². The second-order valence-corrected chi connectivity index (χ2v) is 3.30. The molecule has 0 radical (unpaired) electrons. The van der Waals surface area contributed by atoms with Crippen molar-refractivity contribution >= 4 is 5.69 Å². The van der Waals surface area contributed by atoms with Crippen LogP contribution in [-0.4, -0.2) is 9.91 Å². The largest absolute Gasteiger partial charge is 0.305 e. The average molecular weight is 225 g/mol. The van der Waals surface area contributed by atoms with E-state index in [1.807, 2.05) is 30.3 Å². The lowest BCUT2D eigenvalue weighted by Crippen LogP contribution is -1.96. The highest BCUT2D eigenvalue weighted by molar-refractivity contribution is 5.62. The van der Waals surface area contributed by atoms with Crippen LogP contribution in [0.1, 0.15) is 5.69 Å². The number of pyridine rings is 1. The van der Waals surface area contributed by atoms with Crippen molar-refractivity contribution < 1.29 is 4.92 Å². The van der Waals surface area contributed by atoms with Crippen molar-refractivity contribution in [2.24, 2.45) is 0 Å². The molecular formula is C12H7N3O2. The maximum absolute atomic E-state index is 10.6. The molecule has 0 amide bonds. The monoisotopic (exact) mass is 225 g/mol. The predicted molar refractivity (Wildman–Crippen MR) is 61.0 cm³/mol. The molecule has 2 aromatic rings. The van der Waals surface area contributed by atoms with E-state index in [1.165, 1.54) is 12.1 Å². The third-order valence-electron chi connectivity index (χ3n) is 2.25. The summed E-state index contributed by atoms with van der Waals surface area (Å²) in [5, 5.41) is 19.5. The summed E-state index contributed by atoms with van der Waals surface area (Å²) in [4.78, 5) is 14.0. The highest BCUT2D eigenvalue weighted by atomic mass is 16.6. The first-order chi connectivity index (χ1) is 8.22. The van der Waals surface area contributed by atoms with Crippen LogP contribution in [0, 0.1) is 21.4 Å². The van der Waals surface area contributed by atoms with E-state index in [0.29, 0.717) is 5.69 Å². The zero-order chi connectivity index (χ0) is 12.3. The first-order valence-corrected chi connectivity index (χ1v) is 4.83. The summed E-state index contributed by atoms with van der Waals surface area (Å²) < 4.78 is 0. The molecule has 17 heavy (non-hydrogen) atoms. The van der Waals surface area contributed by atoms with Crippen molar-refractivity contribution in [1.29, 1.82) is 5.26 Å². The van der Waals surface area contributed by atoms with Gasteiger partial charge in [-0.3, -0.25) is 10.1 Å². The summed E-state index contributed by atoms with van der Waals surface area (Å²) in [7, 11) is 0. The van der Waals surface area contributed by atoms with Crippen molar-refractivity contribution in [2.75, 3.05) is 0 Å². The Bertz CT molecular complexity index is 603. The Kier molecular flexibility index (Phi) is 2.79. The fraction of sp³-hybridized carbons (Fsp3) is 0. The predicted octanol–water partition coefficient (Wildman–Crippen LogP) is 2.53. The molecule has 0 atom stereocenters. The van der Waals surface area contributed by atoms with Gasteiger partial charge in [0.15, 0.2) is 0 Å². The maximum atomic E-state index is 10.6. The third kappa shape index (κ3) is 2.11. The van der Waals surface area contributed by atoms with E-state index >= 15 is 0 Å². The first-order valence-electron chi connectivity index (χ1n) is 4.83. The van der Waals surface area contributed by atoms with Crippen LogP contribution in [0.15, 0.2) is 42.5 Å². The van der Waals surface area contributed by atoms with Gasteiger partial charge in [0.1, 0.15) is 6.07 Å². The SMILES string of the molecule is N#Cc1nc(-c2ccccc2)ccc1[N+](=O)[O-]. The summed E-state index contributed by atoms with van der Waals surface area (Å²) in [6.45, 7) is 0. The van der Waals surface area contributed by atoms with E-state index in [2.05, 4.69) is 4.98 Å². The van der Waals surface area contributed by atoms with E-state index in [9.17, 15) is 10.1 Å². The second-order valence-electron chi connectivity index (χ2n) is 3.30. The Labute approximate surface area is 97.1 Å². The van der Waals surface area contributed by atoms with E-state index in [4.69, 9.17) is 5.26 Å². The second kappa shape index (κ2) is 4.41. The summed E-state index contributed by atoms with van der Waals surface area (Å²) in [6, 6.07) is 13.8. The van der Waals surface area contributed by atoms with E-state index < -0.39 is 4.92 Å². The lowest BCUT2D eigenvalue weighted by atomic mass is 10.1. The molecule has 1 aromatic heterocycles. The smallest absolute Gasteiger partial charge is 0.258 e. The van der Waals surface area contributed by atoms with Crippen LogP contribution in [0.25, 0.3) is 11.3 Å². The van der Waals surface area contributed by atoms with Crippen LogP contribution in [0.4, 0.5) is 5.69 Å². The minimum Gasteiger partial charge on any atom is -0.258 e. The number of benzene rings is 1. The average Bonchev–Trinajstić information content (AvgIpc) is 2.39. The number of hydrogen-bond acceptors (Lipinski definition) is 4. The molecule has 0 unspecified atom stereocenters. The van der Waals surface area contributed by atoms with Gasteiger partial charge in [-0.2, -0.15) is 5.26 Å². The van der Waals surface area contributed by atoms with Gasteiger partial charge < -0.3 is 0 Å². The van der Waals surface area contributed by atoms with Gasteiger partial charge in [0.25, 0.3) is 0 Å². The molecule has 0 bridgehead atoms. The Hall–Kier alpha value is -2.74. The Morgan fingerprint density at radius 3 is 2.47 bits per heavy atom. The Morgan fingerprint density at radius 1 is 1.18 bits per heavy atom. The standard InChI is InChI=1S/C12H7N3O2/c13-8-11-12(15(16)17)7-6-10(14-11)9-4-2-1-3-5-9/h1-7H. The molecule has 0 saturated carbocycles. The van der Waals surface area contributed by atoms with E-state index in [0.717, 1.165) is 5.56 Å². The number of aromatic nitrogens is 1. The summed E-state index contributed by atoms with van der Waals surface area (Å²) >= 11 is 0. The van der Waals surface area contributed by atoms with Crippen LogP contribution >= 0.6 is 0 Å². The molecule has 1 aromatic carbocycles. The van der Waals surface area contributed by atoms with Gasteiger partial charge in [-0.25, -0.2) is 4.98 Å². The third-order valence-corrected chi connectivity index (χ3v) is 2.25. The van der Waals surface area contributed by atoms with Crippen LogP contribution in [-0.2, 0) is 0 Å². The van der Waals surface area contributed by atoms with Crippen molar-refractivity contribution in [3.05, 3.63) is 58.3 Å². The van der Waals surface area contributed by atoms with Gasteiger partial charge in [0.05, 0.1) is 10.6 Å². The van der Waals surface area contributed by atoms with Gasteiger partial charge >= 0.3 is 5.69 Å². The van der Waals surface area contributed by atoms with E-state index in [1.54, 1.807) is 6.07 Å². The molecule has 0 aliphatic heterocycles. The van der Waals surface area contributed by atoms with Crippen LogP contribution < -0.4 is 0 Å². The lowest BCUT2D eigenvalue weighted by Gasteiger charge is -2.00. The number of hydrogen-bond donors (Lipinski definition) is 0. The Balaban J connectivity index is 2.54. The molecule has 0 N–H and O–H groups in total. The van der Waals surface area contributed by atoms with Crippen molar-refractivity contribution in [3.63, 3.8) is 0 Å². The highest BCUT2D eigenvalue weighted by Gasteiger charge is 2.15. The molecule has 0 aliphatic carbocycles. The maximum Gasteiger partial charge on any atom is 0.305 e. The highest BCUT2D eigenvalue weighted by Crippen LogP contribution is 2.22. The normalized spacial score (nSPS) is 9.59. The number of nitriles is 1. The fourth-order valence-electron chi connectivity index (χ4n) is 1.45. The molecule has 5 nitrogen and oxygen atoms in total.